The van der Waals surface area contributed by atoms with E-state index in [1.54, 1.807) is 6.20 Å². The number of likely N-dealkylation sites (tertiary alicyclic amines) is 1. The molecule has 7 heteroatoms. The van der Waals surface area contributed by atoms with Crippen LogP contribution in [-0.4, -0.2) is 44.8 Å². The van der Waals surface area contributed by atoms with Crippen molar-refractivity contribution in [1.82, 2.24) is 19.9 Å². The minimum Gasteiger partial charge on any atom is -0.330 e. The Kier molecular flexibility index (Phi) is 3.48. The summed E-state index contributed by atoms with van der Waals surface area (Å²) in [5.41, 5.74) is 6.15. The van der Waals surface area contributed by atoms with Crippen molar-refractivity contribution in [3.63, 3.8) is 0 Å². The molecule has 0 spiro atoms. The van der Waals surface area contributed by atoms with Crippen molar-refractivity contribution in [1.29, 1.82) is 0 Å². The van der Waals surface area contributed by atoms with Gasteiger partial charge in [0, 0.05) is 25.6 Å². The molecule has 0 radical (unpaired) electrons. The van der Waals surface area contributed by atoms with Crippen molar-refractivity contribution in [2.45, 2.75) is 25.8 Å². The Morgan fingerprint density at radius 1 is 1.53 bits per heavy atom. The van der Waals surface area contributed by atoms with Crippen LogP contribution in [-0.2, 0) is 22.6 Å². The standard InChI is InChI=1S/C10H15N5O2/c11-4-3-8-6-14(13-12-8)7-10(17)15-5-1-2-9(15)16/h6H,1-5,7,11H2. The number of rotatable bonds is 4. The number of carbonyl (C=O) groups excluding carboxylic acids is 2. The number of imide groups is 1. The number of nitrogens with zero attached hydrogens (tertiary/aromatic N) is 4. The topological polar surface area (TPSA) is 94.1 Å². The van der Waals surface area contributed by atoms with Crippen LogP contribution in [0.25, 0.3) is 0 Å². The molecule has 2 heterocycles. The van der Waals surface area contributed by atoms with E-state index >= 15 is 0 Å². The average Bonchev–Trinajstić information content (AvgIpc) is 2.88. The lowest BCUT2D eigenvalue weighted by molar-refractivity contribution is -0.142. The van der Waals surface area contributed by atoms with Gasteiger partial charge in [-0.05, 0) is 13.0 Å². The van der Waals surface area contributed by atoms with E-state index in [9.17, 15) is 9.59 Å². The summed E-state index contributed by atoms with van der Waals surface area (Å²) in [5.74, 6) is -0.325. The Bertz CT molecular complexity index is 428. The van der Waals surface area contributed by atoms with E-state index in [0.717, 1.165) is 12.1 Å². The summed E-state index contributed by atoms with van der Waals surface area (Å²) in [4.78, 5) is 24.4. The van der Waals surface area contributed by atoms with E-state index in [1.165, 1.54) is 9.58 Å². The first kappa shape index (κ1) is 11.7. The molecule has 1 fully saturated rings. The first-order valence-corrected chi connectivity index (χ1v) is 5.63. The molecule has 0 bridgehead atoms. The second kappa shape index (κ2) is 5.05. The summed E-state index contributed by atoms with van der Waals surface area (Å²) in [6, 6.07) is 0. The number of amides is 2. The SMILES string of the molecule is NCCc1cn(CC(=O)N2CCCC2=O)nn1. The second-order valence-corrected chi connectivity index (χ2v) is 3.99. The van der Waals surface area contributed by atoms with Gasteiger partial charge in [-0.3, -0.25) is 14.5 Å². The third-order valence-electron chi connectivity index (χ3n) is 2.66. The molecule has 1 aromatic rings. The van der Waals surface area contributed by atoms with Gasteiger partial charge in [0.1, 0.15) is 6.54 Å². The van der Waals surface area contributed by atoms with Crippen molar-refractivity contribution in [2.75, 3.05) is 13.1 Å². The van der Waals surface area contributed by atoms with Gasteiger partial charge in [-0.2, -0.15) is 0 Å². The largest absolute Gasteiger partial charge is 0.330 e. The summed E-state index contributed by atoms with van der Waals surface area (Å²) in [6.07, 6.45) is 3.53. The Morgan fingerprint density at radius 2 is 2.35 bits per heavy atom. The highest BCUT2D eigenvalue weighted by Gasteiger charge is 2.26. The number of hydrogen-bond acceptors (Lipinski definition) is 5. The highest BCUT2D eigenvalue weighted by molar-refractivity contribution is 5.96. The lowest BCUT2D eigenvalue weighted by Crippen LogP contribution is -2.34. The van der Waals surface area contributed by atoms with E-state index in [2.05, 4.69) is 10.3 Å². The van der Waals surface area contributed by atoms with Gasteiger partial charge >= 0.3 is 0 Å². The Morgan fingerprint density at radius 3 is 3.00 bits per heavy atom. The lowest BCUT2D eigenvalue weighted by Gasteiger charge is -2.12. The number of aromatic nitrogens is 3. The fourth-order valence-electron chi connectivity index (χ4n) is 1.81. The van der Waals surface area contributed by atoms with Crippen molar-refractivity contribution in [3.8, 4) is 0 Å². The van der Waals surface area contributed by atoms with Crippen LogP contribution >= 0.6 is 0 Å². The fourth-order valence-corrected chi connectivity index (χ4v) is 1.81. The van der Waals surface area contributed by atoms with Gasteiger partial charge in [0.2, 0.25) is 5.91 Å². The molecule has 1 saturated heterocycles. The molecule has 7 nitrogen and oxygen atoms in total. The normalized spacial score (nSPS) is 15.6. The predicted molar refractivity (Wildman–Crippen MR) is 58.7 cm³/mol. The molecule has 0 aliphatic carbocycles. The van der Waals surface area contributed by atoms with Gasteiger partial charge in [-0.1, -0.05) is 5.21 Å². The van der Waals surface area contributed by atoms with E-state index in [0.29, 0.717) is 25.9 Å². The monoisotopic (exact) mass is 237 g/mol. The second-order valence-electron chi connectivity index (χ2n) is 3.99. The summed E-state index contributed by atoms with van der Waals surface area (Å²) in [5, 5.41) is 7.71. The quantitative estimate of drug-likeness (QED) is 0.719. The van der Waals surface area contributed by atoms with Gasteiger partial charge in [-0.15, -0.1) is 5.10 Å². The zero-order valence-corrected chi connectivity index (χ0v) is 9.50. The average molecular weight is 237 g/mol. The molecule has 2 rings (SSSR count). The minimum atomic E-state index is -0.225. The maximum atomic E-state index is 11.8. The molecule has 1 aromatic heterocycles. The maximum Gasteiger partial charge on any atom is 0.250 e. The summed E-state index contributed by atoms with van der Waals surface area (Å²) < 4.78 is 1.44. The third kappa shape index (κ3) is 2.68. The Balaban J connectivity index is 1.95. The van der Waals surface area contributed by atoms with Crippen LogP contribution in [0.4, 0.5) is 0 Å². The van der Waals surface area contributed by atoms with Crippen molar-refractivity contribution >= 4 is 11.8 Å². The van der Waals surface area contributed by atoms with Crippen molar-refractivity contribution in [2.24, 2.45) is 5.73 Å². The zero-order valence-electron chi connectivity index (χ0n) is 9.50. The van der Waals surface area contributed by atoms with Crippen LogP contribution < -0.4 is 5.73 Å². The molecule has 1 aliphatic rings. The van der Waals surface area contributed by atoms with Gasteiger partial charge in [0.25, 0.3) is 5.91 Å². The van der Waals surface area contributed by atoms with E-state index in [1.807, 2.05) is 0 Å². The van der Waals surface area contributed by atoms with E-state index in [-0.39, 0.29) is 18.4 Å². The molecule has 1 aliphatic heterocycles. The third-order valence-corrected chi connectivity index (χ3v) is 2.66. The molecule has 0 atom stereocenters. The molecular weight excluding hydrogens is 222 g/mol. The molecule has 92 valence electrons. The van der Waals surface area contributed by atoms with Gasteiger partial charge in [0.15, 0.2) is 0 Å². The summed E-state index contributed by atoms with van der Waals surface area (Å²) in [7, 11) is 0. The van der Waals surface area contributed by atoms with Gasteiger partial charge in [-0.25, -0.2) is 4.68 Å². The molecule has 0 aromatic carbocycles. The van der Waals surface area contributed by atoms with Gasteiger partial charge in [0.05, 0.1) is 5.69 Å². The van der Waals surface area contributed by atoms with Gasteiger partial charge < -0.3 is 5.73 Å². The fraction of sp³-hybridized carbons (Fsp3) is 0.600. The van der Waals surface area contributed by atoms with Crippen LogP contribution in [0.3, 0.4) is 0 Å². The first-order chi connectivity index (χ1) is 8.20. The molecule has 0 saturated carbocycles. The molecule has 0 unspecified atom stereocenters. The van der Waals surface area contributed by atoms with Crippen LogP contribution in [0.5, 0.6) is 0 Å². The summed E-state index contributed by atoms with van der Waals surface area (Å²) >= 11 is 0. The highest BCUT2D eigenvalue weighted by atomic mass is 16.2. The number of nitrogens with two attached hydrogens (primary N) is 1. The van der Waals surface area contributed by atoms with E-state index in [4.69, 9.17) is 5.73 Å². The van der Waals surface area contributed by atoms with E-state index < -0.39 is 0 Å². The predicted octanol–water partition coefficient (Wildman–Crippen LogP) is -1.07. The Labute approximate surface area is 98.6 Å². The number of carbonyl (C=O) groups is 2. The minimum absolute atomic E-state index is 0.0588. The molecule has 2 amide bonds. The molecule has 17 heavy (non-hydrogen) atoms. The summed E-state index contributed by atoms with van der Waals surface area (Å²) in [6.45, 7) is 1.07. The lowest BCUT2D eigenvalue weighted by atomic mass is 10.3. The van der Waals surface area contributed by atoms with Crippen LogP contribution in [0.1, 0.15) is 18.5 Å². The molecule has 2 N–H and O–H groups in total. The smallest absolute Gasteiger partial charge is 0.250 e. The van der Waals surface area contributed by atoms with Crippen LogP contribution in [0.2, 0.25) is 0 Å². The zero-order chi connectivity index (χ0) is 12.3. The highest BCUT2D eigenvalue weighted by Crippen LogP contribution is 2.10. The van der Waals surface area contributed by atoms with Crippen LogP contribution in [0, 0.1) is 0 Å². The van der Waals surface area contributed by atoms with Crippen molar-refractivity contribution in [3.05, 3.63) is 11.9 Å². The van der Waals surface area contributed by atoms with Crippen molar-refractivity contribution < 1.29 is 9.59 Å². The molecular formula is C10H15N5O2. The number of hydrogen-bond donors (Lipinski definition) is 1. The van der Waals surface area contributed by atoms with Crippen LogP contribution in [0.15, 0.2) is 6.20 Å². The Hall–Kier alpha value is -1.76. The maximum absolute atomic E-state index is 11.8. The first-order valence-electron chi connectivity index (χ1n) is 5.63.